The fourth-order valence-corrected chi connectivity index (χ4v) is 2.18. The van der Waals surface area contributed by atoms with Gasteiger partial charge in [0.2, 0.25) is 0 Å². The highest BCUT2D eigenvalue weighted by Gasteiger charge is 2.08. The zero-order valence-corrected chi connectivity index (χ0v) is 14.3. The van der Waals surface area contributed by atoms with E-state index in [1.54, 1.807) is 12.1 Å². The zero-order chi connectivity index (χ0) is 15.2. The summed E-state index contributed by atoms with van der Waals surface area (Å²) in [4.78, 5) is 11.7. The van der Waals surface area contributed by atoms with Crippen LogP contribution in [0.25, 0.3) is 0 Å². The van der Waals surface area contributed by atoms with E-state index < -0.39 is 5.91 Å². The van der Waals surface area contributed by atoms with Gasteiger partial charge in [-0.05, 0) is 53.2 Å². The van der Waals surface area contributed by atoms with Gasteiger partial charge in [0.25, 0.3) is 0 Å². The molecule has 5 nitrogen and oxygen atoms in total. The van der Waals surface area contributed by atoms with Crippen molar-refractivity contribution in [3.05, 3.63) is 50.8 Å². The number of nitrogens with one attached hydrogen (secondary N) is 1. The molecular weight excluding hydrogens is 404 g/mol. The molecule has 0 atom stereocenters. The number of furan rings is 1. The number of benzene rings is 1. The lowest BCUT2D eigenvalue weighted by molar-refractivity contribution is 0.0926. The van der Waals surface area contributed by atoms with Crippen molar-refractivity contribution in [1.29, 1.82) is 0 Å². The van der Waals surface area contributed by atoms with E-state index in [0.29, 0.717) is 11.3 Å². The molecule has 7 heteroatoms. The van der Waals surface area contributed by atoms with Gasteiger partial charge in [-0.1, -0.05) is 15.9 Å². The van der Waals surface area contributed by atoms with Gasteiger partial charge in [-0.3, -0.25) is 4.79 Å². The van der Waals surface area contributed by atoms with Crippen LogP contribution < -0.4 is 10.2 Å². The van der Waals surface area contributed by atoms with Crippen molar-refractivity contribution in [1.82, 2.24) is 5.43 Å². The number of hydrazone groups is 1. The normalized spacial score (nSPS) is 10.8. The van der Waals surface area contributed by atoms with Crippen molar-refractivity contribution in [2.45, 2.75) is 6.92 Å². The number of ether oxygens (including phenoxy) is 1. The number of nitrogens with zero attached hydrogens (tertiary/aromatic N) is 1. The van der Waals surface area contributed by atoms with Gasteiger partial charge < -0.3 is 9.15 Å². The van der Waals surface area contributed by atoms with Crippen molar-refractivity contribution < 1.29 is 13.9 Å². The van der Waals surface area contributed by atoms with Crippen LogP contribution in [0.4, 0.5) is 0 Å². The van der Waals surface area contributed by atoms with Crippen LogP contribution in [0.5, 0.6) is 5.75 Å². The second-order valence-electron chi connectivity index (χ2n) is 3.92. The second-order valence-corrected chi connectivity index (χ2v) is 5.56. The highest BCUT2D eigenvalue weighted by Crippen LogP contribution is 2.21. The van der Waals surface area contributed by atoms with Gasteiger partial charge in [0, 0.05) is 10.0 Å². The number of carbonyl (C=O) groups excluding carboxylic acids is 1. The number of hydrogen-bond donors (Lipinski definition) is 1. The molecule has 1 amide bonds. The highest BCUT2D eigenvalue weighted by molar-refractivity contribution is 9.10. The number of amides is 1. The number of carbonyl (C=O) groups is 1. The van der Waals surface area contributed by atoms with Crippen molar-refractivity contribution in [2.75, 3.05) is 6.61 Å². The first kappa shape index (κ1) is 15.8. The molecule has 0 saturated heterocycles. The van der Waals surface area contributed by atoms with Gasteiger partial charge in [0.1, 0.15) is 5.75 Å². The van der Waals surface area contributed by atoms with Crippen molar-refractivity contribution in [3.8, 4) is 5.75 Å². The molecule has 21 heavy (non-hydrogen) atoms. The number of hydrogen-bond acceptors (Lipinski definition) is 4. The average molecular weight is 416 g/mol. The molecule has 1 aromatic heterocycles. The Morgan fingerprint density at radius 1 is 1.38 bits per heavy atom. The molecule has 0 bridgehead atoms. The van der Waals surface area contributed by atoms with Crippen LogP contribution in [-0.4, -0.2) is 18.7 Å². The molecule has 0 fully saturated rings. The molecule has 1 heterocycles. The van der Waals surface area contributed by atoms with E-state index in [1.807, 2.05) is 25.1 Å². The van der Waals surface area contributed by atoms with Crippen molar-refractivity contribution in [3.63, 3.8) is 0 Å². The SMILES string of the molecule is CCOc1ccc(Br)c(/C=N\NC(=O)c2ccc(Br)o2)c1. The van der Waals surface area contributed by atoms with E-state index in [2.05, 4.69) is 42.4 Å². The molecule has 2 rings (SSSR count). The Morgan fingerprint density at radius 2 is 2.19 bits per heavy atom. The molecule has 0 radical (unpaired) electrons. The summed E-state index contributed by atoms with van der Waals surface area (Å²) in [5, 5.41) is 3.90. The Bertz CT molecular complexity index is 668. The Kier molecular flexibility index (Phi) is 5.58. The summed E-state index contributed by atoms with van der Waals surface area (Å²) in [6.45, 7) is 2.50. The maximum absolute atomic E-state index is 11.7. The molecule has 0 saturated carbocycles. The lowest BCUT2D eigenvalue weighted by Gasteiger charge is -2.05. The summed E-state index contributed by atoms with van der Waals surface area (Å²) < 4.78 is 11.9. The molecular formula is C14H12Br2N2O3. The van der Waals surface area contributed by atoms with Gasteiger partial charge >= 0.3 is 5.91 Å². The Hall–Kier alpha value is -1.60. The lowest BCUT2D eigenvalue weighted by Crippen LogP contribution is -2.16. The van der Waals surface area contributed by atoms with Crippen LogP contribution in [0.2, 0.25) is 0 Å². The van der Waals surface area contributed by atoms with Gasteiger partial charge in [0.15, 0.2) is 10.4 Å². The fourth-order valence-electron chi connectivity index (χ4n) is 1.53. The van der Waals surface area contributed by atoms with Crippen LogP contribution >= 0.6 is 31.9 Å². The summed E-state index contributed by atoms with van der Waals surface area (Å²) in [5.41, 5.74) is 3.19. The highest BCUT2D eigenvalue weighted by atomic mass is 79.9. The quantitative estimate of drug-likeness (QED) is 0.593. The molecule has 0 aliphatic rings. The van der Waals surface area contributed by atoms with Gasteiger partial charge in [-0.15, -0.1) is 0 Å². The maximum Gasteiger partial charge on any atom is 0.307 e. The molecule has 0 aliphatic carbocycles. The summed E-state index contributed by atoms with van der Waals surface area (Å²) >= 11 is 6.55. The van der Waals surface area contributed by atoms with Gasteiger partial charge in [-0.25, -0.2) is 5.43 Å². The van der Waals surface area contributed by atoms with Crippen LogP contribution in [0.3, 0.4) is 0 Å². The number of halogens is 2. The smallest absolute Gasteiger partial charge is 0.307 e. The largest absolute Gasteiger partial charge is 0.494 e. The minimum absolute atomic E-state index is 0.182. The Morgan fingerprint density at radius 3 is 2.86 bits per heavy atom. The van der Waals surface area contributed by atoms with Gasteiger partial charge in [-0.2, -0.15) is 5.10 Å². The van der Waals surface area contributed by atoms with Gasteiger partial charge in [0.05, 0.1) is 12.8 Å². The van der Waals surface area contributed by atoms with Crippen LogP contribution in [0.15, 0.2) is 49.0 Å². The van der Waals surface area contributed by atoms with E-state index in [1.165, 1.54) is 6.21 Å². The first-order chi connectivity index (χ1) is 10.1. The van der Waals surface area contributed by atoms with Crippen LogP contribution in [0.1, 0.15) is 23.0 Å². The topological polar surface area (TPSA) is 63.8 Å². The first-order valence-electron chi connectivity index (χ1n) is 6.11. The van der Waals surface area contributed by atoms with Crippen LogP contribution in [-0.2, 0) is 0 Å². The summed E-state index contributed by atoms with van der Waals surface area (Å²) in [5.74, 6) is 0.499. The first-order valence-corrected chi connectivity index (χ1v) is 7.70. The summed E-state index contributed by atoms with van der Waals surface area (Å²) in [6.07, 6.45) is 1.53. The lowest BCUT2D eigenvalue weighted by atomic mass is 10.2. The van der Waals surface area contributed by atoms with Crippen molar-refractivity contribution in [2.24, 2.45) is 5.10 Å². The summed E-state index contributed by atoms with van der Waals surface area (Å²) in [7, 11) is 0. The average Bonchev–Trinajstić information content (AvgIpc) is 2.89. The third-order valence-corrected chi connectivity index (χ3v) is 3.59. The fraction of sp³-hybridized carbons (Fsp3) is 0.143. The Balaban J connectivity index is 2.04. The molecule has 2 aromatic rings. The van der Waals surface area contributed by atoms with E-state index in [9.17, 15) is 4.79 Å². The van der Waals surface area contributed by atoms with Crippen LogP contribution in [0, 0.1) is 0 Å². The molecule has 1 aromatic carbocycles. The third-order valence-electron chi connectivity index (χ3n) is 2.45. The van der Waals surface area contributed by atoms with E-state index in [-0.39, 0.29) is 5.76 Å². The van der Waals surface area contributed by atoms with E-state index in [4.69, 9.17) is 9.15 Å². The monoisotopic (exact) mass is 414 g/mol. The molecule has 110 valence electrons. The maximum atomic E-state index is 11.7. The molecule has 1 N–H and O–H groups in total. The molecule has 0 unspecified atom stereocenters. The van der Waals surface area contributed by atoms with Crippen molar-refractivity contribution >= 4 is 44.0 Å². The second kappa shape index (κ2) is 7.42. The Labute approximate surface area is 138 Å². The predicted molar refractivity (Wildman–Crippen MR) is 86.8 cm³/mol. The number of rotatable bonds is 5. The summed E-state index contributed by atoms with van der Waals surface area (Å²) in [6, 6.07) is 8.73. The van der Waals surface area contributed by atoms with E-state index in [0.717, 1.165) is 15.8 Å². The standard InChI is InChI=1S/C14H12Br2N2O3/c1-2-20-10-3-4-11(15)9(7-10)8-17-18-14(19)12-5-6-13(16)21-12/h3-8H,2H2,1H3,(H,18,19)/b17-8-. The molecule has 0 aliphatic heterocycles. The minimum atomic E-state index is -0.422. The minimum Gasteiger partial charge on any atom is -0.494 e. The third kappa shape index (κ3) is 4.44. The van der Waals surface area contributed by atoms with E-state index >= 15 is 0 Å². The zero-order valence-electron chi connectivity index (χ0n) is 11.1. The molecule has 0 spiro atoms. The predicted octanol–water partition coefficient (Wildman–Crippen LogP) is 3.97.